The van der Waals surface area contributed by atoms with Gasteiger partial charge in [0.15, 0.2) is 0 Å². The third-order valence-electron chi connectivity index (χ3n) is 2.47. The van der Waals surface area contributed by atoms with Gasteiger partial charge in [-0.3, -0.25) is 0 Å². The zero-order valence-corrected chi connectivity index (χ0v) is 8.93. The lowest BCUT2D eigenvalue weighted by atomic mass is 10.2. The van der Waals surface area contributed by atoms with Crippen LogP contribution in [0.25, 0.3) is 0 Å². The Balaban J connectivity index is 2.12. The fourth-order valence-corrected chi connectivity index (χ4v) is 1.58. The van der Waals surface area contributed by atoms with E-state index in [9.17, 15) is 0 Å². The second kappa shape index (κ2) is 4.65. The molecule has 0 aliphatic carbocycles. The summed E-state index contributed by atoms with van der Waals surface area (Å²) in [6.45, 7) is 3.06. The fourth-order valence-electron chi connectivity index (χ4n) is 1.58. The van der Waals surface area contributed by atoms with Gasteiger partial charge in [-0.25, -0.2) is 0 Å². The van der Waals surface area contributed by atoms with Crippen LogP contribution in [0.15, 0.2) is 66.5 Å². The van der Waals surface area contributed by atoms with Gasteiger partial charge in [-0.05, 0) is 24.6 Å². The minimum atomic E-state index is 0.932. The molecular weight excluding hydrogens is 182 g/mol. The monoisotopic (exact) mass is 197 g/mol. The summed E-state index contributed by atoms with van der Waals surface area (Å²) < 4.78 is 0. The Morgan fingerprint density at radius 3 is 2.60 bits per heavy atom. The lowest BCUT2D eigenvalue weighted by molar-refractivity contribution is 0.461. The summed E-state index contributed by atoms with van der Waals surface area (Å²) in [5.74, 6) is 0. The molecule has 0 radical (unpaired) electrons. The third kappa shape index (κ3) is 2.59. The highest BCUT2D eigenvalue weighted by molar-refractivity contribution is 5.23. The van der Waals surface area contributed by atoms with Crippen LogP contribution in [0, 0.1) is 0 Å². The van der Waals surface area contributed by atoms with Gasteiger partial charge in [0, 0.05) is 18.4 Å². The van der Waals surface area contributed by atoms with E-state index in [1.165, 1.54) is 11.3 Å². The molecular formula is C14H15N. The van der Waals surface area contributed by atoms with Gasteiger partial charge < -0.3 is 4.90 Å². The van der Waals surface area contributed by atoms with Crippen molar-refractivity contribution in [2.75, 3.05) is 0 Å². The van der Waals surface area contributed by atoms with Crippen LogP contribution >= 0.6 is 0 Å². The van der Waals surface area contributed by atoms with Crippen molar-refractivity contribution < 1.29 is 0 Å². The van der Waals surface area contributed by atoms with Crippen LogP contribution in [-0.2, 0) is 6.54 Å². The fraction of sp³-hybridized carbons (Fsp3) is 0.143. The SMILES string of the molecule is CC1=CC=CC=CN1Cc1ccccc1. The summed E-state index contributed by atoms with van der Waals surface area (Å²) in [7, 11) is 0. The van der Waals surface area contributed by atoms with E-state index >= 15 is 0 Å². The molecule has 0 fully saturated rings. The van der Waals surface area contributed by atoms with E-state index in [-0.39, 0.29) is 0 Å². The molecule has 76 valence electrons. The summed E-state index contributed by atoms with van der Waals surface area (Å²) >= 11 is 0. The Kier molecular flexibility index (Phi) is 3.03. The summed E-state index contributed by atoms with van der Waals surface area (Å²) in [6.07, 6.45) is 10.4. The van der Waals surface area contributed by atoms with Crippen molar-refractivity contribution in [1.82, 2.24) is 4.90 Å². The summed E-state index contributed by atoms with van der Waals surface area (Å²) in [5.41, 5.74) is 2.60. The second-order valence-corrected chi connectivity index (χ2v) is 3.65. The van der Waals surface area contributed by atoms with E-state index in [4.69, 9.17) is 0 Å². The second-order valence-electron chi connectivity index (χ2n) is 3.65. The molecule has 15 heavy (non-hydrogen) atoms. The highest BCUT2D eigenvalue weighted by Gasteiger charge is 2.02. The average molecular weight is 197 g/mol. The van der Waals surface area contributed by atoms with Gasteiger partial charge in [-0.1, -0.05) is 42.5 Å². The number of allylic oxidation sites excluding steroid dienone is 5. The molecule has 1 aromatic rings. The van der Waals surface area contributed by atoms with Crippen molar-refractivity contribution in [3.8, 4) is 0 Å². The van der Waals surface area contributed by atoms with Crippen LogP contribution in [0.1, 0.15) is 12.5 Å². The molecule has 0 bridgehead atoms. The van der Waals surface area contributed by atoms with Gasteiger partial charge in [-0.2, -0.15) is 0 Å². The molecule has 1 aromatic carbocycles. The molecule has 0 aromatic heterocycles. The maximum Gasteiger partial charge on any atom is 0.0472 e. The normalized spacial score (nSPS) is 15.0. The molecule has 0 saturated carbocycles. The van der Waals surface area contributed by atoms with E-state index in [0.717, 1.165) is 6.54 Å². The molecule has 1 nitrogen and oxygen atoms in total. The highest BCUT2D eigenvalue weighted by atomic mass is 15.1. The standard InChI is InChI=1S/C14H15N/c1-13-8-4-3-7-11-15(13)12-14-9-5-2-6-10-14/h2-11H,12H2,1H3. The van der Waals surface area contributed by atoms with E-state index < -0.39 is 0 Å². The lowest BCUT2D eigenvalue weighted by Crippen LogP contribution is -2.13. The first-order chi connectivity index (χ1) is 7.36. The van der Waals surface area contributed by atoms with Gasteiger partial charge in [0.2, 0.25) is 0 Å². The van der Waals surface area contributed by atoms with Crippen LogP contribution in [0.5, 0.6) is 0 Å². The Bertz CT molecular complexity index is 399. The molecule has 0 saturated heterocycles. The lowest BCUT2D eigenvalue weighted by Gasteiger charge is -2.20. The minimum Gasteiger partial charge on any atom is -0.347 e. The molecule has 1 aliphatic rings. The van der Waals surface area contributed by atoms with Crippen LogP contribution in [0.2, 0.25) is 0 Å². The molecule has 1 heterocycles. The summed E-state index contributed by atoms with van der Waals surface area (Å²) in [6, 6.07) is 10.5. The van der Waals surface area contributed by atoms with E-state index in [1.54, 1.807) is 0 Å². The molecule has 0 atom stereocenters. The van der Waals surface area contributed by atoms with Gasteiger partial charge in [0.05, 0.1) is 0 Å². The van der Waals surface area contributed by atoms with Crippen molar-refractivity contribution in [1.29, 1.82) is 0 Å². The Hall–Kier alpha value is -1.76. The van der Waals surface area contributed by atoms with E-state index in [2.05, 4.69) is 66.6 Å². The number of hydrogen-bond donors (Lipinski definition) is 0. The molecule has 1 aliphatic heterocycles. The first-order valence-electron chi connectivity index (χ1n) is 5.18. The molecule has 0 N–H and O–H groups in total. The van der Waals surface area contributed by atoms with Gasteiger partial charge in [-0.15, -0.1) is 0 Å². The van der Waals surface area contributed by atoms with Crippen molar-refractivity contribution in [2.24, 2.45) is 0 Å². The Morgan fingerprint density at radius 1 is 1.00 bits per heavy atom. The quantitative estimate of drug-likeness (QED) is 0.701. The number of rotatable bonds is 2. The summed E-state index contributed by atoms with van der Waals surface area (Å²) in [4.78, 5) is 2.25. The third-order valence-corrected chi connectivity index (χ3v) is 2.47. The molecule has 0 amide bonds. The topological polar surface area (TPSA) is 3.24 Å². The van der Waals surface area contributed by atoms with Crippen LogP contribution in [0.3, 0.4) is 0 Å². The first kappa shape index (κ1) is 9.78. The Labute approximate surface area is 91.0 Å². The predicted molar refractivity (Wildman–Crippen MR) is 64.0 cm³/mol. The van der Waals surface area contributed by atoms with Crippen molar-refractivity contribution >= 4 is 0 Å². The van der Waals surface area contributed by atoms with Crippen LogP contribution < -0.4 is 0 Å². The minimum absolute atomic E-state index is 0.932. The maximum atomic E-state index is 2.25. The van der Waals surface area contributed by atoms with E-state index in [1.807, 2.05) is 6.07 Å². The maximum absolute atomic E-state index is 2.25. The van der Waals surface area contributed by atoms with Crippen LogP contribution in [-0.4, -0.2) is 4.90 Å². The predicted octanol–water partition coefficient (Wildman–Crippen LogP) is 3.48. The molecule has 0 unspecified atom stereocenters. The highest BCUT2D eigenvalue weighted by Crippen LogP contribution is 2.13. The number of benzene rings is 1. The average Bonchev–Trinajstić information content (AvgIpc) is 2.46. The van der Waals surface area contributed by atoms with E-state index in [0.29, 0.717) is 0 Å². The smallest absolute Gasteiger partial charge is 0.0472 e. The number of hydrogen-bond acceptors (Lipinski definition) is 1. The molecule has 0 spiro atoms. The Morgan fingerprint density at radius 2 is 1.80 bits per heavy atom. The largest absolute Gasteiger partial charge is 0.347 e. The van der Waals surface area contributed by atoms with Crippen LogP contribution in [0.4, 0.5) is 0 Å². The van der Waals surface area contributed by atoms with Crippen molar-refractivity contribution in [3.05, 3.63) is 72.1 Å². The summed E-state index contributed by atoms with van der Waals surface area (Å²) in [5, 5.41) is 0. The zero-order chi connectivity index (χ0) is 10.5. The van der Waals surface area contributed by atoms with Crippen molar-refractivity contribution in [3.63, 3.8) is 0 Å². The first-order valence-corrected chi connectivity index (χ1v) is 5.18. The van der Waals surface area contributed by atoms with Gasteiger partial charge in [0.1, 0.15) is 0 Å². The van der Waals surface area contributed by atoms with Crippen molar-refractivity contribution in [2.45, 2.75) is 13.5 Å². The number of nitrogens with zero attached hydrogens (tertiary/aromatic N) is 1. The molecule has 1 heteroatoms. The zero-order valence-electron chi connectivity index (χ0n) is 8.93. The van der Waals surface area contributed by atoms with Gasteiger partial charge in [0.25, 0.3) is 0 Å². The van der Waals surface area contributed by atoms with Gasteiger partial charge >= 0.3 is 0 Å². The molecule has 2 rings (SSSR count).